The largest absolute Gasteiger partial charge is 0.386 e. The van der Waals surface area contributed by atoms with Gasteiger partial charge in [0.05, 0.1) is 11.2 Å². The molecule has 1 unspecified atom stereocenters. The number of nitrogens with one attached hydrogen (secondary N) is 3. The predicted octanol–water partition coefficient (Wildman–Crippen LogP) is 3.65. The first-order valence-electron chi connectivity index (χ1n) is 10.1. The van der Waals surface area contributed by atoms with Crippen LogP contribution < -0.4 is 16.0 Å². The molecule has 1 atom stereocenters. The van der Waals surface area contributed by atoms with Crippen LogP contribution in [0.15, 0.2) is 48.1 Å². The monoisotopic (exact) mass is 383 g/mol. The van der Waals surface area contributed by atoms with Gasteiger partial charge in [-0.05, 0) is 62.0 Å². The molecule has 0 aliphatic carbocycles. The first kappa shape index (κ1) is 20.3. The molecule has 1 aromatic heterocycles. The molecule has 150 valence electrons. The molecular weight excluding hydrogens is 353 g/mol. The Morgan fingerprint density at radius 2 is 2.11 bits per heavy atom. The van der Waals surface area contributed by atoms with Gasteiger partial charge in [-0.25, -0.2) is 9.37 Å². The molecule has 6 heteroatoms. The van der Waals surface area contributed by atoms with Crippen molar-refractivity contribution in [2.24, 2.45) is 5.92 Å². The van der Waals surface area contributed by atoms with Crippen molar-refractivity contribution in [2.45, 2.75) is 39.7 Å². The minimum Gasteiger partial charge on any atom is -0.386 e. The second kappa shape index (κ2) is 10.2. The normalized spacial score (nSPS) is 18.6. The lowest BCUT2D eigenvalue weighted by atomic mass is 10.0. The summed E-state index contributed by atoms with van der Waals surface area (Å²) < 4.78 is 13.9. The van der Waals surface area contributed by atoms with E-state index in [9.17, 15) is 4.39 Å². The second-order valence-electron chi connectivity index (χ2n) is 7.36. The summed E-state index contributed by atoms with van der Waals surface area (Å²) in [4.78, 5) is 8.14. The van der Waals surface area contributed by atoms with E-state index in [0.29, 0.717) is 17.6 Å². The maximum absolute atomic E-state index is 13.9. The van der Waals surface area contributed by atoms with Crippen LogP contribution in [0.3, 0.4) is 0 Å². The highest BCUT2D eigenvalue weighted by atomic mass is 19.1. The van der Waals surface area contributed by atoms with Crippen LogP contribution >= 0.6 is 0 Å². The van der Waals surface area contributed by atoms with Gasteiger partial charge in [0.2, 0.25) is 0 Å². The molecule has 0 saturated carbocycles. The van der Waals surface area contributed by atoms with Crippen molar-refractivity contribution < 1.29 is 4.39 Å². The molecule has 1 fully saturated rings. The van der Waals surface area contributed by atoms with Gasteiger partial charge in [0.1, 0.15) is 5.52 Å². The van der Waals surface area contributed by atoms with Crippen molar-refractivity contribution in [1.82, 2.24) is 25.9 Å². The Morgan fingerprint density at radius 3 is 2.86 bits per heavy atom. The first-order chi connectivity index (χ1) is 13.7. The zero-order valence-corrected chi connectivity index (χ0v) is 16.8. The van der Waals surface area contributed by atoms with Crippen LogP contribution in [0.25, 0.3) is 11.0 Å². The summed E-state index contributed by atoms with van der Waals surface area (Å²) in [7, 11) is 0. The fourth-order valence-electron chi connectivity index (χ4n) is 3.54. The third kappa shape index (κ3) is 5.52. The van der Waals surface area contributed by atoms with E-state index < -0.39 is 0 Å². The Morgan fingerprint density at radius 1 is 1.25 bits per heavy atom. The number of benzene rings is 1. The molecule has 1 saturated heterocycles. The Labute approximate surface area is 166 Å². The van der Waals surface area contributed by atoms with Gasteiger partial charge in [-0.2, -0.15) is 0 Å². The summed E-state index contributed by atoms with van der Waals surface area (Å²) in [5, 5.41) is 9.80. The summed E-state index contributed by atoms with van der Waals surface area (Å²) in [6.45, 7) is 8.22. The van der Waals surface area contributed by atoms with Crippen molar-refractivity contribution in [2.75, 3.05) is 19.6 Å². The maximum atomic E-state index is 13.9. The average molecular weight is 384 g/mol. The third-order valence-electron chi connectivity index (χ3n) is 5.13. The maximum Gasteiger partial charge on any atom is 0.151 e. The van der Waals surface area contributed by atoms with E-state index >= 15 is 0 Å². The molecule has 0 bridgehead atoms. The van der Waals surface area contributed by atoms with Crippen LogP contribution in [0.5, 0.6) is 0 Å². The van der Waals surface area contributed by atoms with Crippen LogP contribution in [-0.2, 0) is 6.54 Å². The lowest BCUT2D eigenvalue weighted by molar-refractivity contribution is 0.525. The fourth-order valence-corrected chi connectivity index (χ4v) is 3.54. The summed E-state index contributed by atoms with van der Waals surface area (Å²) in [5.41, 5.74) is 3.94. The molecule has 2 aliphatic rings. The highest BCUT2D eigenvalue weighted by Gasteiger charge is 2.11. The van der Waals surface area contributed by atoms with Gasteiger partial charge in [0.25, 0.3) is 0 Å². The van der Waals surface area contributed by atoms with E-state index in [0.717, 1.165) is 23.7 Å². The Bertz CT molecular complexity index is 840. The molecule has 4 rings (SSSR count). The van der Waals surface area contributed by atoms with Crippen molar-refractivity contribution in [3.63, 3.8) is 0 Å². The standard InChI is InChI=1S/C15H15FN4.C7H15N/c1-10-2-3-17-9-14(10)20-8-11-6-12(16)15-13(7-11)18-4-5-19-15;1-2-3-7-4-5-8-6-7/h2,4-7,9,17,20H,3,8H2,1H3;7-8H,2-6H2,1H3. The van der Waals surface area contributed by atoms with Crippen LogP contribution in [0, 0.1) is 11.7 Å². The van der Waals surface area contributed by atoms with Crippen LogP contribution in [0.1, 0.15) is 38.7 Å². The molecule has 2 aromatic rings. The van der Waals surface area contributed by atoms with E-state index in [1.54, 1.807) is 6.20 Å². The lowest BCUT2D eigenvalue weighted by Crippen LogP contribution is -2.21. The fraction of sp³-hybridized carbons (Fsp3) is 0.455. The van der Waals surface area contributed by atoms with Gasteiger partial charge in [0.15, 0.2) is 5.82 Å². The quantitative estimate of drug-likeness (QED) is 0.736. The average Bonchev–Trinajstić information content (AvgIpc) is 3.22. The van der Waals surface area contributed by atoms with Crippen LogP contribution in [-0.4, -0.2) is 29.6 Å². The van der Waals surface area contributed by atoms with E-state index in [1.165, 1.54) is 50.2 Å². The second-order valence-corrected chi connectivity index (χ2v) is 7.36. The molecule has 0 radical (unpaired) electrons. The van der Waals surface area contributed by atoms with Gasteiger partial charge in [0, 0.05) is 31.7 Å². The minimum atomic E-state index is -0.338. The predicted molar refractivity (Wildman–Crippen MR) is 112 cm³/mol. The number of nitrogens with zero attached hydrogens (tertiary/aromatic N) is 2. The van der Waals surface area contributed by atoms with Crippen LogP contribution in [0.4, 0.5) is 4.39 Å². The number of fused-ring (bicyclic) bond motifs is 1. The molecule has 0 spiro atoms. The third-order valence-corrected chi connectivity index (χ3v) is 5.13. The number of halogens is 1. The number of dihydropyridines is 1. The summed E-state index contributed by atoms with van der Waals surface area (Å²) >= 11 is 0. The zero-order chi connectivity index (χ0) is 19.8. The number of hydrogen-bond donors (Lipinski definition) is 3. The molecule has 0 amide bonds. The Balaban J connectivity index is 0.000000236. The summed E-state index contributed by atoms with van der Waals surface area (Å²) in [6, 6.07) is 3.36. The summed E-state index contributed by atoms with van der Waals surface area (Å²) in [6.07, 6.45) is 11.3. The van der Waals surface area contributed by atoms with Crippen molar-refractivity contribution in [1.29, 1.82) is 0 Å². The van der Waals surface area contributed by atoms with E-state index in [-0.39, 0.29) is 5.82 Å². The van der Waals surface area contributed by atoms with Gasteiger partial charge >= 0.3 is 0 Å². The molecule has 5 nitrogen and oxygen atoms in total. The number of aromatic nitrogens is 2. The first-order valence-corrected chi connectivity index (χ1v) is 10.1. The number of allylic oxidation sites excluding steroid dienone is 1. The highest BCUT2D eigenvalue weighted by molar-refractivity contribution is 5.75. The van der Waals surface area contributed by atoms with Gasteiger partial charge < -0.3 is 16.0 Å². The van der Waals surface area contributed by atoms with Crippen molar-refractivity contribution in [3.05, 3.63) is 59.5 Å². The number of hydrogen-bond acceptors (Lipinski definition) is 5. The van der Waals surface area contributed by atoms with E-state index in [2.05, 4.69) is 38.9 Å². The Kier molecular flexibility index (Phi) is 7.37. The Hall–Kier alpha value is -2.47. The number of rotatable bonds is 5. The van der Waals surface area contributed by atoms with Gasteiger partial charge in [-0.3, -0.25) is 4.98 Å². The SMILES string of the molecule is CC1=CCNC=C1NCc1cc(F)c2nccnc2c1.CCCC1CCNC1. The van der Waals surface area contributed by atoms with Crippen molar-refractivity contribution >= 4 is 11.0 Å². The highest BCUT2D eigenvalue weighted by Crippen LogP contribution is 2.17. The molecule has 28 heavy (non-hydrogen) atoms. The van der Waals surface area contributed by atoms with Gasteiger partial charge in [-0.15, -0.1) is 0 Å². The molecule has 3 N–H and O–H groups in total. The summed E-state index contributed by atoms with van der Waals surface area (Å²) in [5.74, 6) is 0.662. The molecular formula is C22H30FN5. The topological polar surface area (TPSA) is 61.9 Å². The molecule has 2 aliphatic heterocycles. The molecule has 3 heterocycles. The van der Waals surface area contributed by atoms with Gasteiger partial charge in [-0.1, -0.05) is 19.4 Å². The van der Waals surface area contributed by atoms with Crippen LogP contribution in [0.2, 0.25) is 0 Å². The van der Waals surface area contributed by atoms with Crippen molar-refractivity contribution in [3.8, 4) is 0 Å². The zero-order valence-electron chi connectivity index (χ0n) is 16.8. The lowest BCUT2D eigenvalue weighted by Gasteiger charge is -2.16. The minimum absolute atomic E-state index is 0.311. The molecule has 1 aromatic carbocycles. The van der Waals surface area contributed by atoms with E-state index in [4.69, 9.17) is 0 Å². The smallest absolute Gasteiger partial charge is 0.151 e. The van der Waals surface area contributed by atoms with E-state index in [1.807, 2.05) is 19.2 Å².